The first-order valence-corrected chi connectivity index (χ1v) is 5.41. The molecule has 0 aromatic heterocycles. The van der Waals surface area contributed by atoms with Crippen molar-refractivity contribution in [3.8, 4) is 0 Å². The van der Waals surface area contributed by atoms with Crippen molar-refractivity contribution in [2.75, 3.05) is 13.1 Å². The van der Waals surface area contributed by atoms with Crippen molar-refractivity contribution in [1.82, 2.24) is 4.90 Å². The minimum absolute atomic E-state index is 0.304. The van der Waals surface area contributed by atoms with Crippen molar-refractivity contribution in [2.24, 2.45) is 0 Å². The predicted molar refractivity (Wildman–Crippen MR) is 47.2 cm³/mol. The first kappa shape index (κ1) is 9.04. The van der Waals surface area contributed by atoms with Crippen LogP contribution in [0, 0.1) is 0 Å². The van der Waals surface area contributed by atoms with Gasteiger partial charge in [-0.05, 0) is 36.8 Å². The van der Waals surface area contributed by atoms with Crippen LogP contribution in [0.15, 0.2) is 0 Å². The monoisotopic (exact) mass is 203 g/mol. The maximum Gasteiger partial charge on any atom is 0.127 e. The van der Waals surface area contributed by atoms with E-state index in [1.807, 2.05) is 0 Å². The first-order chi connectivity index (χ1) is 6.72. The molecule has 2 aliphatic heterocycles. The Morgan fingerprint density at radius 3 is 2.71 bits per heavy atom. The van der Waals surface area contributed by atoms with Gasteiger partial charge in [0.05, 0.1) is 5.54 Å². The zero-order valence-corrected chi connectivity index (χ0v) is 8.14. The quantitative estimate of drug-likeness (QED) is 0.680. The normalized spacial score (nSPS) is 45.4. The topological polar surface area (TPSA) is 12.5 Å². The molecule has 0 N–H and O–H groups in total. The molecule has 2 atom stereocenters. The molecule has 4 heteroatoms. The molecule has 3 rings (SSSR count). The second kappa shape index (κ2) is 2.67. The number of hydrogen-bond donors (Lipinski definition) is 0. The average molecular weight is 203 g/mol. The maximum atomic E-state index is 13.4. The highest BCUT2D eigenvalue weighted by atomic mass is 19.3. The van der Waals surface area contributed by atoms with E-state index in [1.165, 1.54) is 0 Å². The summed E-state index contributed by atoms with van der Waals surface area (Å²) >= 11 is 0. The van der Waals surface area contributed by atoms with E-state index in [9.17, 15) is 8.92 Å². The number of halogens is 2. The standard InChI is InChI=1S/C10H15F2NO/c11-8-6-9(10(14-12)3-4-10)2-1-5-13(9)7-8/h8H,1-7H2. The summed E-state index contributed by atoms with van der Waals surface area (Å²) in [5, 5.41) is 0. The first-order valence-electron chi connectivity index (χ1n) is 5.41. The second-order valence-corrected chi connectivity index (χ2v) is 4.95. The number of nitrogens with zero attached hydrogens (tertiary/aromatic N) is 1. The highest BCUT2D eigenvalue weighted by Gasteiger charge is 2.68. The van der Waals surface area contributed by atoms with Crippen LogP contribution in [0.5, 0.6) is 0 Å². The van der Waals surface area contributed by atoms with Crippen molar-refractivity contribution in [3.05, 3.63) is 0 Å². The van der Waals surface area contributed by atoms with Gasteiger partial charge in [0.2, 0.25) is 0 Å². The molecule has 2 unspecified atom stereocenters. The molecule has 1 saturated carbocycles. The molecule has 3 aliphatic rings. The lowest BCUT2D eigenvalue weighted by Gasteiger charge is -2.37. The Morgan fingerprint density at radius 1 is 1.29 bits per heavy atom. The van der Waals surface area contributed by atoms with Gasteiger partial charge in [0.1, 0.15) is 11.8 Å². The Balaban J connectivity index is 1.93. The van der Waals surface area contributed by atoms with Crippen LogP contribution in [0.25, 0.3) is 0 Å². The molecule has 0 amide bonds. The van der Waals surface area contributed by atoms with Crippen molar-refractivity contribution in [2.45, 2.75) is 49.4 Å². The minimum atomic E-state index is -0.789. The fourth-order valence-electron chi connectivity index (χ4n) is 3.53. The Kier molecular flexibility index (Phi) is 1.72. The van der Waals surface area contributed by atoms with Crippen molar-refractivity contribution < 1.29 is 13.9 Å². The number of hydrogen-bond acceptors (Lipinski definition) is 2. The zero-order chi connectivity index (χ0) is 9.81. The molecule has 80 valence electrons. The van der Waals surface area contributed by atoms with Crippen LogP contribution in [0.2, 0.25) is 0 Å². The third kappa shape index (κ3) is 0.910. The van der Waals surface area contributed by atoms with Gasteiger partial charge >= 0.3 is 0 Å². The van der Waals surface area contributed by atoms with Crippen LogP contribution in [-0.4, -0.2) is 35.3 Å². The van der Waals surface area contributed by atoms with E-state index < -0.39 is 11.8 Å². The average Bonchev–Trinajstić information content (AvgIpc) is 2.77. The molecule has 2 nitrogen and oxygen atoms in total. The third-order valence-corrected chi connectivity index (χ3v) is 4.30. The number of fused-ring (bicyclic) bond motifs is 1. The highest BCUT2D eigenvalue weighted by Crippen LogP contribution is 2.59. The van der Waals surface area contributed by atoms with E-state index in [-0.39, 0.29) is 5.54 Å². The fraction of sp³-hybridized carbons (Fsp3) is 1.00. The van der Waals surface area contributed by atoms with E-state index >= 15 is 0 Å². The lowest BCUT2D eigenvalue weighted by atomic mass is 9.85. The largest absolute Gasteiger partial charge is 0.292 e. The summed E-state index contributed by atoms with van der Waals surface area (Å²) in [5.74, 6) is 0. The summed E-state index contributed by atoms with van der Waals surface area (Å²) in [6, 6.07) is 0. The van der Waals surface area contributed by atoms with Gasteiger partial charge in [-0.3, -0.25) is 4.90 Å². The molecule has 0 aromatic rings. The Hall–Kier alpha value is -0.220. The summed E-state index contributed by atoms with van der Waals surface area (Å²) in [6.45, 7) is 1.39. The van der Waals surface area contributed by atoms with Gasteiger partial charge in [0, 0.05) is 13.0 Å². The second-order valence-electron chi connectivity index (χ2n) is 4.95. The van der Waals surface area contributed by atoms with E-state index in [0.29, 0.717) is 13.0 Å². The van der Waals surface area contributed by atoms with E-state index in [4.69, 9.17) is 0 Å². The Labute approximate surface area is 82.1 Å². The van der Waals surface area contributed by atoms with Crippen molar-refractivity contribution in [1.29, 1.82) is 0 Å². The summed E-state index contributed by atoms with van der Waals surface area (Å²) in [4.78, 5) is 6.29. The Bertz CT molecular complexity index is 257. The lowest BCUT2D eigenvalue weighted by molar-refractivity contribution is -0.230. The summed E-state index contributed by atoms with van der Waals surface area (Å²) in [6.07, 6.45) is 3.15. The van der Waals surface area contributed by atoms with E-state index in [2.05, 4.69) is 9.84 Å². The predicted octanol–water partition coefficient (Wildman–Crippen LogP) is 2.00. The molecule has 0 radical (unpaired) electrons. The van der Waals surface area contributed by atoms with Crippen molar-refractivity contribution >= 4 is 0 Å². The molecule has 0 spiro atoms. The maximum absolute atomic E-state index is 13.4. The van der Waals surface area contributed by atoms with Gasteiger partial charge in [-0.1, -0.05) is 0 Å². The molecule has 2 heterocycles. The van der Waals surface area contributed by atoms with Gasteiger partial charge in [0.15, 0.2) is 0 Å². The zero-order valence-electron chi connectivity index (χ0n) is 8.14. The lowest BCUT2D eigenvalue weighted by Crippen LogP contribution is -2.50. The van der Waals surface area contributed by atoms with Gasteiger partial charge in [-0.2, -0.15) is 4.94 Å². The van der Waals surface area contributed by atoms with Gasteiger partial charge < -0.3 is 0 Å². The smallest absolute Gasteiger partial charge is 0.127 e. The molecule has 3 fully saturated rings. The van der Waals surface area contributed by atoms with Crippen LogP contribution in [0.4, 0.5) is 8.92 Å². The van der Waals surface area contributed by atoms with Crippen LogP contribution in [0.1, 0.15) is 32.1 Å². The van der Waals surface area contributed by atoms with Crippen molar-refractivity contribution in [3.63, 3.8) is 0 Å². The van der Waals surface area contributed by atoms with Crippen LogP contribution >= 0.6 is 0 Å². The summed E-state index contributed by atoms with van der Waals surface area (Å²) in [7, 11) is 0. The van der Waals surface area contributed by atoms with Gasteiger partial charge in [-0.15, -0.1) is 0 Å². The van der Waals surface area contributed by atoms with Crippen LogP contribution in [-0.2, 0) is 4.94 Å². The molecule has 14 heavy (non-hydrogen) atoms. The fourth-order valence-corrected chi connectivity index (χ4v) is 3.53. The molecule has 2 saturated heterocycles. The highest BCUT2D eigenvalue weighted by molar-refractivity contribution is 5.21. The summed E-state index contributed by atoms with van der Waals surface area (Å²) < 4.78 is 26.0. The van der Waals surface area contributed by atoms with Gasteiger partial charge in [-0.25, -0.2) is 4.39 Å². The third-order valence-electron chi connectivity index (χ3n) is 4.30. The molecular weight excluding hydrogens is 188 g/mol. The molecule has 1 aliphatic carbocycles. The van der Waals surface area contributed by atoms with Crippen LogP contribution < -0.4 is 0 Å². The minimum Gasteiger partial charge on any atom is -0.292 e. The van der Waals surface area contributed by atoms with E-state index in [0.717, 1.165) is 32.2 Å². The van der Waals surface area contributed by atoms with E-state index in [1.54, 1.807) is 0 Å². The molecule has 0 aromatic carbocycles. The Morgan fingerprint density at radius 2 is 2.07 bits per heavy atom. The SMILES string of the molecule is FOC1(C23CCCN2CC(F)C3)CC1. The molecule has 0 bridgehead atoms. The van der Waals surface area contributed by atoms with Crippen LogP contribution in [0.3, 0.4) is 0 Å². The number of alkyl halides is 1. The van der Waals surface area contributed by atoms with Gasteiger partial charge in [0.25, 0.3) is 0 Å². The number of rotatable bonds is 2. The summed E-state index contributed by atoms with van der Waals surface area (Å²) in [5.41, 5.74) is -0.953. The molecular formula is C10H15F2NO.